The van der Waals surface area contributed by atoms with Gasteiger partial charge in [0.2, 0.25) is 0 Å². The molecule has 6 nitrogen and oxygen atoms in total. The predicted octanol–water partition coefficient (Wildman–Crippen LogP) is 3.04. The van der Waals surface area contributed by atoms with Crippen molar-refractivity contribution in [2.75, 3.05) is 5.75 Å². The third-order valence-electron chi connectivity index (χ3n) is 3.88. The van der Waals surface area contributed by atoms with Gasteiger partial charge in [0, 0.05) is 41.5 Å². The Morgan fingerprint density at radius 3 is 2.50 bits per heavy atom. The summed E-state index contributed by atoms with van der Waals surface area (Å²) in [7, 11) is 0. The number of aromatic nitrogens is 5. The average molecular weight is 361 g/mol. The van der Waals surface area contributed by atoms with Gasteiger partial charge < -0.3 is 0 Å². The van der Waals surface area contributed by atoms with Crippen molar-refractivity contribution < 1.29 is 0 Å². The Bertz CT molecular complexity index is 1080. The highest BCUT2D eigenvalue weighted by atomic mass is 32.2. The van der Waals surface area contributed by atoms with Gasteiger partial charge >= 0.3 is 0 Å². The van der Waals surface area contributed by atoms with E-state index in [1.165, 1.54) is 16.4 Å². The molecule has 26 heavy (non-hydrogen) atoms. The lowest BCUT2D eigenvalue weighted by Gasteiger charge is -2.10. The normalized spacial score (nSPS) is 10.9. The Morgan fingerprint density at radius 1 is 0.923 bits per heavy atom. The number of rotatable bonds is 5. The molecule has 128 valence electrons. The van der Waals surface area contributed by atoms with E-state index in [1.54, 1.807) is 30.9 Å². The minimum Gasteiger partial charge on any atom is -0.267 e. The van der Waals surface area contributed by atoms with E-state index in [4.69, 9.17) is 0 Å². The van der Waals surface area contributed by atoms with E-state index >= 15 is 0 Å². The first-order chi connectivity index (χ1) is 12.8. The van der Waals surface area contributed by atoms with E-state index in [-0.39, 0.29) is 5.56 Å². The predicted molar refractivity (Wildman–Crippen MR) is 102 cm³/mol. The number of aryl methyl sites for hydroxylation is 1. The first-order valence-corrected chi connectivity index (χ1v) is 9.11. The Balaban J connectivity index is 1.71. The van der Waals surface area contributed by atoms with Crippen LogP contribution in [0.25, 0.3) is 22.0 Å². The molecule has 3 aromatic heterocycles. The van der Waals surface area contributed by atoms with Crippen LogP contribution in [0.2, 0.25) is 0 Å². The molecule has 0 N–H and O–H groups in total. The van der Waals surface area contributed by atoms with Crippen molar-refractivity contribution >= 4 is 22.5 Å². The Morgan fingerprint density at radius 2 is 1.73 bits per heavy atom. The van der Waals surface area contributed by atoms with Crippen molar-refractivity contribution in [1.82, 2.24) is 24.7 Å². The summed E-state index contributed by atoms with van der Waals surface area (Å²) >= 11 is 1.50. The molecule has 0 aliphatic carbocycles. The van der Waals surface area contributed by atoms with Crippen LogP contribution in [0.4, 0.5) is 0 Å². The highest BCUT2D eigenvalue weighted by Gasteiger charge is 2.12. The van der Waals surface area contributed by atoms with E-state index < -0.39 is 0 Å². The second kappa shape index (κ2) is 7.45. The maximum absolute atomic E-state index is 12.8. The van der Waals surface area contributed by atoms with Gasteiger partial charge in [0.1, 0.15) is 5.69 Å². The molecule has 0 fully saturated rings. The Kier molecular flexibility index (Phi) is 4.70. The van der Waals surface area contributed by atoms with Crippen LogP contribution in [0.3, 0.4) is 0 Å². The van der Waals surface area contributed by atoms with Crippen molar-refractivity contribution in [3.63, 3.8) is 0 Å². The van der Waals surface area contributed by atoms with Crippen LogP contribution in [-0.2, 0) is 6.54 Å². The van der Waals surface area contributed by atoms with Crippen molar-refractivity contribution in [1.29, 1.82) is 0 Å². The van der Waals surface area contributed by atoms with Crippen LogP contribution in [0.5, 0.6) is 0 Å². The lowest BCUT2D eigenvalue weighted by molar-refractivity contribution is 0.632. The van der Waals surface area contributed by atoms with Gasteiger partial charge in [0.05, 0.1) is 11.9 Å². The van der Waals surface area contributed by atoms with Gasteiger partial charge in [-0.1, -0.05) is 30.0 Å². The van der Waals surface area contributed by atoms with Gasteiger partial charge in [-0.25, -0.2) is 14.6 Å². The lowest BCUT2D eigenvalue weighted by Crippen LogP contribution is -2.25. The minimum absolute atomic E-state index is 0.0946. The molecule has 0 amide bonds. The van der Waals surface area contributed by atoms with Gasteiger partial charge in [0.25, 0.3) is 5.56 Å². The van der Waals surface area contributed by atoms with E-state index in [9.17, 15) is 4.79 Å². The van der Waals surface area contributed by atoms with Gasteiger partial charge in [-0.2, -0.15) is 5.10 Å². The number of benzene rings is 1. The summed E-state index contributed by atoms with van der Waals surface area (Å²) in [6.07, 6.45) is 6.89. The third-order valence-corrected chi connectivity index (χ3v) is 4.73. The fourth-order valence-electron chi connectivity index (χ4n) is 2.69. The number of thioether (sulfide) groups is 1. The van der Waals surface area contributed by atoms with Gasteiger partial charge in [-0.05, 0) is 24.3 Å². The second-order valence-corrected chi connectivity index (χ2v) is 6.61. The molecule has 0 radical (unpaired) electrons. The molecule has 0 unspecified atom stereocenters. The van der Waals surface area contributed by atoms with Crippen molar-refractivity contribution in [2.45, 2.75) is 11.7 Å². The molecule has 0 aliphatic heterocycles. The summed E-state index contributed by atoms with van der Waals surface area (Å²) in [5, 5.41) is 6.79. The fraction of sp³-hybridized carbons (Fsp3) is 0.105. The van der Waals surface area contributed by atoms with Crippen LogP contribution >= 0.6 is 11.8 Å². The Hall–Kier alpha value is -3.06. The van der Waals surface area contributed by atoms with Crippen LogP contribution in [-0.4, -0.2) is 30.5 Å². The Labute approximate surface area is 154 Å². The molecule has 0 bridgehead atoms. The van der Waals surface area contributed by atoms with Crippen molar-refractivity contribution in [3.05, 3.63) is 77.6 Å². The van der Waals surface area contributed by atoms with Crippen molar-refractivity contribution in [3.8, 4) is 11.3 Å². The second-order valence-electron chi connectivity index (χ2n) is 5.54. The maximum atomic E-state index is 12.8. The third kappa shape index (κ3) is 3.34. The number of hydrogen-bond donors (Lipinski definition) is 0. The number of nitrogens with zero attached hydrogens (tertiary/aromatic N) is 5. The van der Waals surface area contributed by atoms with Gasteiger partial charge in [0.15, 0.2) is 5.16 Å². The summed E-state index contributed by atoms with van der Waals surface area (Å²) in [4.78, 5) is 25.3. The molecule has 0 saturated carbocycles. The van der Waals surface area contributed by atoms with Crippen LogP contribution < -0.4 is 5.56 Å². The monoisotopic (exact) mass is 361 g/mol. The number of fused-ring (bicyclic) bond motifs is 1. The summed E-state index contributed by atoms with van der Waals surface area (Å²) in [5.41, 5.74) is 1.55. The molecule has 0 atom stereocenters. The van der Waals surface area contributed by atoms with Crippen LogP contribution in [0.15, 0.2) is 77.2 Å². The standard InChI is InChI=1S/C19H15N5OS/c25-18-16-7-2-1-6-15(16)17(14-5-3-8-20-13-14)23-24(18)11-12-26-19-21-9-4-10-22-19/h1-10,13H,11-12H2. The zero-order valence-electron chi connectivity index (χ0n) is 13.8. The first-order valence-electron chi connectivity index (χ1n) is 8.13. The summed E-state index contributed by atoms with van der Waals surface area (Å²) in [5.74, 6) is 0.655. The number of pyridine rings is 1. The lowest BCUT2D eigenvalue weighted by atomic mass is 10.1. The topological polar surface area (TPSA) is 73.6 Å². The molecule has 0 aliphatic rings. The van der Waals surface area contributed by atoms with Crippen LogP contribution in [0, 0.1) is 0 Å². The molecule has 7 heteroatoms. The molecular weight excluding hydrogens is 346 g/mol. The fourth-order valence-corrected chi connectivity index (χ4v) is 3.40. The average Bonchev–Trinajstić information content (AvgIpc) is 2.71. The summed E-state index contributed by atoms with van der Waals surface area (Å²) < 4.78 is 1.51. The van der Waals surface area contributed by atoms with E-state index in [0.29, 0.717) is 22.8 Å². The molecule has 4 aromatic rings. The molecule has 4 rings (SSSR count). The largest absolute Gasteiger partial charge is 0.274 e. The first kappa shape index (κ1) is 16.4. The maximum Gasteiger partial charge on any atom is 0.274 e. The summed E-state index contributed by atoms with van der Waals surface area (Å²) in [6, 6.07) is 13.1. The molecule has 0 spiro atoms. The van der Waals surface area contributed by atoms with Gasteiger partial charge in [-0.15, -0.1) is 0 Å². The SMILES string of the molecule is O=c1c2ccccc2c(-c2cccnc2)nn1CCSc1ncccn1. The molecule has 3 heterocycles. The minimum atomic E-state index is -0.0946. The molecular formula is C19H15N5OS. The smallest absolute Gasteiger partial charge is 0.267 e. The highest BCUT2D eigenvalue weighted by Crippen LogP contribution is 2.23. The number of hydrogen-bond acceptors (Lipinski definition) is 6. The molecule has 1 aromatic carbocycles. The highest BCUT2D eigenvalue weighted by molar-refractivity contribution is 7.99. The zero-order valence-corrected chi connectivity index (χ0v) is 14.6. The quantitative estimate of drug-likeness (QED) is 0.402. The van der Waals surface area contributed by atoms with E-state index in [2.05, 4.69) is 20.1 Å². The zero-order chi connectivity index (χ0) is 17.8. The van der Waals surface area contributed by atoms with Crippen molar-refractivity contribution in [2.24, 2.45) is 0 Å². The van der Waals surface area contributed by atoms with Crippen LogP contribution in [0.1, 0.15) is 0 Å². The summed E-state index contributed by atoms with van der Waals surface area (Å²) in [6.45, 7) is 0.472. The van der Waals surface area contributed by atoms with E-state index in [0.717, 1.165) is 16.6 Å². The van der Waals surface area contributed by atoms with Gasteiger partial charge in [-0.3, -0.25) is 9.78 Å². The molecule has 0 saturated heterocycles. The van der Waals surface area contributed by atoms with E-state index in [1.807, 2.05) is 36.4 Å².